The third-order valence-corrected chi connectivity index (χ3v) is 13.7. The first-order chi connectivity index (χ1) is 20.5. The number of allylic oxidation sites excluding steroid dienone is 3. The van der Waals surface area contributed by atoms with Crippen molar-refractivity contribution in [3.63, 3.8) is 0 Å². The van der Waals surface area contributed by atoms with Crippen molar-refractivity contribution in [3.05, 3.63) is 99.1 Å². The van der Waals surface area contributed by atoms with Gasteiger partial charge in [-0.05, 0) is 0 Å². The maximum absolute atomic E-state index is 14.2. The zero-order chi connectivity index (χ0) is 30.6. The zero-order valence-corrected chi connectivity index (χ0v) is 29.0. The summed E-state index contributed by atoms with van der Waals surface area (Å²) in [7, 11) is 1.50. The fourth-order valence-corrected chi connectivity index (χ4v) is 9.94. The van der Waals surface area contributed by atoms with E-state index in [2.05, 4.69) is 0 Å². The molecule has 2 aromatic rings. The van der Waals surface area contributed by atoms with Crippen LogP contribution in [0.25, 0.3) is 0 Å². The summed E-state index contributed by atoms with van der Waals surface area (Å²) >= 11 is 44.9. The number of dihydropyridines is 1. The summed E-state index contributed by atoms with van der Waals surface area (Å²) in [6, 6.07) is -0.735. The van der Waals surface area contributed by atoms with E-state index in [-0.39, 0.29) is 83.8 Å². The molecule has 3 heterocycles. The average molecular weight is 831 g/mol. The zero-order valence-electron chi connectivity index (χ0n) is 21.5. The quantitative estimate of drug-likeness (QED) is 0.131. The predicted octanol–water partition coefficient (Wildman–Crippen LogP) is 5.65. The number of hydrogen-bond acceptors (Lipinski definition) is 5. The molecule has 2 amide bonds. The number of ketones is 1. The third-order valence-electron chi connectivity index (χ3n) is 8.11. The number of imide groups is 1. The number of fused-ring (bicyclic) bond motifs is 3. The van der Waals surface area contributed by atoms with Crippen LogP contribution in [0.4, 0.5) is 0 Å². The first-order valence-corrected chi connectivity index (χ1v) is 18.1. The monoisotopic (exact) mass is 827 g/mol. The summed E-state index contributed by atoms with van der Waals surface area (Å²) in [5.74, 6) is -2.79. The molecule has 0 saturated carbocycles. The van der Waals surface area contributed by atoms with Gasteiger partial charge < -0.3 is 0 Å². The number of carbonyl (C=O) groups is 3. The number of carbonyl (C=O) groups excluding carboxylic acids is 3. The van der Waals surface area contributed by atoms with E-state index in [4.69, 9.17) is 90.9 Å². The second kappa shape index (κ2) is 11.0. The van der Waals surface area contributed by atoms with Crippen LogP contribution in [0.15, 0.2) is 41.1 Å². The Labute approximate surface area is 290 Å². The first-order valence-electron chi connectivity index (χ1n) is 12.7. The van der Waals surface area contributed by atoms with Crippen molar-refractivity contribution in [3.8, 4) is 0 Å². The van der Waals surface area contributed by atoms with E-state index in [1.807, 2.05) is 12.2 Å². The number of hydrogen-bond donors (Lipinski definition) is 0. The number of nitrogens with zero attached hydrogens (tertiary/aromatic N) is 2. The third kappa shape index (κ3) is 4.37. The predicted molar refractivity (Wildman–Crippen MR) is 165 cm³/mol. The number of rotatable bonds is 4. The molecule has 43 heavy (non-hydrogen) atoms. The van der Waals surface area contributed by atoms with Gasteiger partial charge in [-0.3, -0.25) is 0 Å². The molecular weight excluding hydrogens is 815 g/mol. The number of Topliss-reactive ketones (excluding diaryl/α,β-unsaturated/α-hetero) is 1. The van der Waals surface area contributed by atoms with Crippen LogP contribution in [-0.4, -0.2) is 45.8 Å². The normalized spacial score (nSPS) is 27.1. The van der Waals surface area contributed by atoms with Gasteiger partial charge >= 0.3 is 227 Å². The van der Waals surface area contributed by atoms with E-state index in [0.29, 0.717) is 21.9 Å². The molecule has 7 rings (SSSR count). The average Bonchev–Trinajstić information content (AvgIpc) is 3.74. The Balaban J connectivity index is 1.31. The molecule has 1 fully saturated rings. The van der Waals surface area contributed by atoms with Gasteiger partial charge in [-0.2, -0.15) is 0 Å². The molecule has 0 aromatic heterocycles. The fourth-order valence-electron chi connectivity index (χ4n) is 6.12. The van der Waals surface area contributed by atoms with Gasteiger partial charge in [-0.1, -0.05) is 46.4 Å². The van der Waals surface area contributed by atoms with Gasteiger partial charge in [0.2, 0.25) is 0 Å². The van der Waals surface area contributed by atoms with Crippen LogP contribution in [0.5, 0.6) is 0 Å². The summed E-state index contributed by atoms with van der Waals surface area (Å²) in [5.41, 5.74) is 2.13. The summed E-state index contributed by atoms with van der Waals surface area (Å²) in [6.45, 7) is 0. The number of ether oxygens (including phenoxy) is 1. The Morgan fingerprint density at radius 3 is 1.98 bits per heavy atom. The Hall–Kier alpha value is -1.14. The molecule has 222 valence electrons. The van der Waals surface area contributed by atoms with Gasteiger partial charge in [0, 0.05) is 0 Å². The van der Waals surface area contributed by atoms with Crippen molar-refractivity contribution in [1.29, 1.82) is 0 Å². The maximum atomic E-state index is 14.2. The Kier molecular flexibility index (Phi) is 7.80. The van der Waals surface area contributed by atoms with Crippen LogP contribution >= 0.6 is 81.2 Å². The van der Waals surface area contributed by atoms with Crippen LogP contribution in [0, 0.1) is 11.8 Å². The first kappa shape index (κ1) is 30.5. The van der Waals surface area contributed by atoms with Crippen LogP contribution in [0.1, 0.15) is 52.2 Å². The SMILES string of the molecule is COC1c2c(Cl)c(Cl)c(Cl)c(C3C[I-]3)c2C(=O)C1C1=NC2C(N3C(=O)c4c(Cl)c(Cl)c(Cl)c(Cl)c4C3=O)=CC=CC2C=C1. The molecule has 1 saturated heterocycles. The van der Waals surface area contributed by atoms with Crippen LogP contribution in [0.3, 0.4) is 0 Å². The van der Waals surface area contributed by atoms with Crippen molar-refractivity contribution >= 4 is 105 Å². The molecule has 6 nitrogen and oxygen atoms in total. The molecule has 14 heteroatoms. The van der Waals surface area contributed by atoms with Crippen molar-refractivity contribution in [2.24, 2.45) is 16.8 Å². The number of alkyl halides is 2. The van der Waals surface area contributed by atoms with Crippen molar-refractivity contribution < 1.29 is 40.3 Å². The van der Waals surface area contributed by atoms with Crippen LogP contribution < -0.4 is 21.2 Å². The molecule has 0 bridgehead atoms. The van der Waals surface area contributed by atoms with Crippen LogP contribution in [-0.2, 0) is 4.74 Å². The standard InChI is InChI=1S/C29H15Cl7IN2O4/c1-43-27-13(26(40)14-12(9-7-37-9)18(30)22(34)19(31)15(14)27)10-6-5-8-3-2-4-11(25(8)38-10)39-28(41)16-17(29(39)42)21(33)24(36)23(35)20(16)32/h2-6,8-9,13,25,27H,7H2,1H3/q-1. The minimum atomic E-state index is -0.851. The molecule has 5 atom stereocenters. The fraction of sp³-hybridized carbons (Fsp3) is 0.241. The number of aliphatic imine (C=N–C) groups is 1. The molecule has 0 N–H and O–H groups in total. The number of benzene rings is 2. The van der Waals surface area contributed by atoms with Crippen molar-refractivity contribution in [2.45, 2.75) is 16.1 Å². The van der Waals surface area contributed by atoms with Gasteiger partial charge in [0.25, 0.3) is 0 Å². The van der Waals surface area contributed by atoms with E-state index in [1.54, 1.807) is 18.2 Å². The molecule has 2 aliphatic carbocycles. The molecule has 3 aliphatic heterocycles. The summed E-state index contributed by atoms with van der Waals surface area (Å²) < 4.78 is 7.09. The van der Waals surface area contributed by atoms with Gasteiger partial charge in [0.15, 0.2) is 0 Å². The van der Waals surface area contributed by atoms with E-state index in [1.165, 1.54) is 7.11 Å². The second-order valence-corrected chi connectivity index (χ2v) is 16.2. The Bertz CT molecular complexity index is 1800. The van der Waals surface area contributed by atoms with Crippen molar-refractivity contribution in [2.75, 3.05) is 11.5 Å². The van der Waals surface area contributed by atoms with Gasteiger partial charge in [-0.25, -0.2) is 0 Å². The number of methoxy groups -OCH3 is 1. The van der Waals surface area contributed by atoms with E-state index < -0.39 is 29.9 Å². The summed E-state index contributed by atoms with van der Waals surface area (Å²) in [6.07, 6.45) is 8.12. The Morgan fingerprint density at radius 1 is 0.814 bits per heavy atom. The van der Waals surface area contributed by atoms with Gasteiger partial charge in [0.05, 0.1) is 20.1 Å². The van der Waals surface area contributed by atoms with E-state index in [0.717, 1.165) is 14.9 Å². The molecular formula is C29H15Cl7IN2O4-. The number of amides is 2. The molecule has 5 unspecified atom stereocenters. The topological polar surface area (TPSA) is 76.0 Å². The summed E-state index contributed by atoms with van der Waals surface area (Å²) in [5, 5.41) is 0.125. The molecule has 2 aromatic carbocycles. The Morgan fingerprint density at radius 2 is 1.40 bits per heavy atom. The molecule has 0 spiro atoms. The minimum absolute atomic E-state index is 0.122. The number of halogens is 8. The summed E-state index contributed by atoms with van der Waals surface area (Å²) in [4.78, 5) is 47.5. The second-order valence-electron chi connectivity index (χ2n) is 10.3. The van der Waals surface area contributed by atoms with Crippen molar-refractivity contribution in [1.82, 2.24) is 4.90 Å². The van der Waals surface area contributed by atoms with Gasteiger partial charge in [0.1, 0.15) is 0 Å². The molecule has 0 radical (unpaired) electrons. The van der Waals surface area contributed by atoms with Crippen LogP contribution in [0.2, 0.25) is 35.2 Å². The van der Waals surface area contributed by atoms with E-state index >= 15 is 0 Å². The van der Waals surface area contributed by atoms with E-state index in [9.17, 15) is 14.4 Å². The van der Waals surface area contributed by atoms with Gasteiger partial charge in [-0.15, -0.1) is 0 Å². The molecule has 5 aliphatic rings.